The maximum absolute atomic E-state index is 11.1. The van der Waals surface area contributed by atoms with Gasteiger partial charge in [-0.15, -0.1) is 0 Å². The predicted molar refractivity (Wildman–Crippen MR) is 61.4 cm³/mol. The molecule has 2 N–H and O–H groups in total. The highest BCUT2D eigenvalue weighted by Gasteiger charge is 2.14. The molecule has 0 aliphatic heterocycles. The van der Waals surface area contributed by atoms with Gasteiger partial charge in [-0.2, -0.15) is 11.8 Å². The fourth-order valence-corrected chi connectivity index (χ4v) is 2.00. The summed E-state index contributed by atoms with van der Waals surface area (Å²) in [5.41, 5.74) is 5.64. The molecule has 0 aliphatic carbocycles. The molecular formula is C10H21NO2S. The SMILES string of the molecule is CCOC(=O)C(N)CSCC(C)CC. The van der Waals surface area contributed by atoms with Crippen molar-refractivity contribution in [1.82, 2.24) is 0 Å². The second-order valence-corrected chi connectivity index (χ2v) is 4.48. The summed E-state index contributed by atoms with van der Waals surface area (Å²) >= 11 is 1.72. The molecule has 0 amide bonds. The number of carbonyl (C=O) groups is 1. The molecule has 4 heteroatoms. The van der Waals surface area contributed by atoms with E-state index in [-0.39, 0.29) is 5.97 Å². The summed E-state index contributed by atoms with van der Waals surface area (Å²) in [6.45, 7) is 6.55. The topological polar surface area (TPSA) is 52.3 Å². The summed E-state index contributed by atoms with van der Waals surface area (Å²) in [6, 6.07) is -0.469. The first-order chi connectivity index (χ1) is 6.61. The van der Waals surface area contributed by atoms with Gasteiger partial charge in [-0.25, -0.2) is 0 Å². The summed E-state index contributed by atoms with van der Waals surface area (Å²) in [5, 5.41) is 0. The highest BCUT2D eigenvalue weighted by atomic mass is 32.2. The minimum absolute atomic E-state index is 0.288. The fraction of sp³-hybridized carbons (Fsp3) is 0.900. The van der Waals surface area contributed by atoms with E-state index in [4.69, 9.17) is 10.5 Å². The molecular weight excluding hydrogens is 198 g/mol. The minimum atomic E-state index is -0.469. The van der Waals surface area contributed by atoms with Gasteiger partial charge >= 0.3 is 5.97 Å². The Bertz CT molecular complexity index is 164. The van der Waals surface area contributed by atoms with Crippen molar-refractivity contribution < 1.29 is 9.53 Å². The summed E-state index contributed by atoms with van der Waals surface area (Å²) in [6.07, 6.45) is 1.17. The Morgan fingerprint density at radius 3 is 2.57 bits per heavy atom. The van der Waals surface area contributed by atoms with Crippen molar-refractivity contribution >= 4 is 17.7 Å². The first-order valence-corrected chi connectivity index (χ1v) is 6.27. The zero-order chi connectivity index (χ0) is 11.0. The van der Waals surface area contributed by atoms with E-state index in [1.54, 1.807) is 18.7 Å². The molecule has 84 valence electrons. The largest absolute Gasteiger partial charge is 0.465 e. The van der Waals surface area contributed by atoms with Gasteiger partial charge in [-0.05, 0) is 18.6 Å². The summed E-state index contributed by atoms with van der Waals surface area (Å²) < 4.78 is 4.81. The molecule has 0 aromatic carbocycles. The van der Waals surface area contributed by atoms with Gasteiger partial charge in [0.2, 0.25) is 0 Å². The first kappa shape index (κ1) is 13.8. The average molecular weight is 219 g/mol. The van der Waals surface area contributed by atoms with Crippen LogP contribution in [0.5, 0.6) is 0 Å². The number of hydrogen-bond donors (Lipinski definition) is 1. The van der Waals surface area contributed by atoms with Crippen LogP contribution in [-0.2, 0) is 9.53 Å². The smallest absolute Gasteiger partial charge is 0.323 e. The van der Waals surface area contributed by atoms with Crippen LogP contribution < -0.4 is 5.73 Å². The number of nitrogens with two attached hydrogens (primary N) is 1. The van der Waals surface area contributed by atoms with Crippen LogP contribution in [0.1, 0.15) is 27.2 Å². The van der Waals surface area contributed by atoms with Crippen molar-refractivity contribution in [3.8, 4) is 0 Å². The van der Waals surface area contributed by atoms with Gasteiger partial charge in [0, 0.05) is 5.75 Å². The molecule has 0 aromatic heterocycles. The van der Waals surface area contributed by atoms with E-state index < -0.39 is 6.04 Å². The zero-order valence-corrected chi connectivity index (χ0v) is 10.1. The van der Waals surface area contributed by atoms with Crippen LogP contribution in [0.15, 0.2) is 0 Å². The van der Waals surface area contributed by atoms with Crippen molar-refractivity contribution in [3.05, 3.63) is 0 Å². The first-order valence-electron chi connectivity index (χ1n) is 5.11. The molecule has 0 bridgehead atoms. The monoisotopic (exact) mass is 219 g/mol. The second-order valence-electron chi connectivity index (χ2n) is 3.41. The van der Waals surface area contributed by atoms with Gasteiger partial charge in [-0.1, -0.05) is 20.3 Å². The Balaban J connectivity index is 3.52. The quantitative estimate of drug-likeness (QED) is 0.662. The maximum atomic E-state index is 11.1. The van der Waals surface area contributed by atoms with E-state index in [2.05, 4.69) is 13.8 Å². The van der Waals surface area contributed by atoms with Crippen molar-refractivity contribution in [2.75, 3.05) is 18.1 Å². The molecule has 2 atom stereocenters. The number of thioether (sulfide) groups is 1. The van der Waals surface area contributed by atoms with Gasteiger partial charge in [0.1, 0.15) is 6.04 Å². The third-order valence-electron chi connectivity index (χ3n) is 1.99. The van der Waals surface area contributed by atoms with E-state index in [1.165, 1.54) is 6.42 Å². The predicted octanol–water partition coefficient (Wildman–Crippen LogP) is 1.66. The molecule has 0 rings (SSSR count). The number of rotatable bonds is 7. The van der Waals surface area contributed by atoms with Crippen molar-refractivity contribution in [2.24, 2.45) is 11.7 Å². The molecule has 0 saturated heterocycles. The van der Waals surface area contributed by atoms with Gasteiger partial charge in [0.25, 0.3) is 0 Å². The van der Waals surface area contributed by atoms with Crippen LogP contribution in [0.2, 0.25) is 0 Å². The Hall–Kier alpha value is -0.220. The van der Waals surface area contributed by atoms with E-state index in [1.807, 2.05) is 0 Å². The second kappa shape index (κ2) is 8.12. The molecule has 0 radical (unpaired) electrons. The molecule has 2 unspecified atom stereocenters. The van der Waals surface area contributed by atoms with Crippen LogP contribution in [0.25, 0.3) is 0 Å². The third-order valence-corrected chi connectivity index (χ3v) is 3.39. The van der Waals surface area contributed by atoms with Crippen molar-refractivity contribution in [2.45, 2.75) is 33.2 Å². The van der Waals surface area contributed by atoms with Crippen molar-refractivity contribution in [3.63, 3.8) is 0 Å². The summed E-state index contributed by atoms with van der Waals surface area (Å²) in [7, 11) is 0. The van der Waals surface area contributed by atoms with Crippen LogP contribution in [-0.4, -0.2) is 30.1 Å². The number of hydrogen-bond acceptors (Lipinski definition) is 4. The van der Waals surface area contributed by atoms with E-state index in [0.717, 1.165) is 5.75 Å². The molecule has 0 saturated carbocycles. The standard InChI is InChI=1S/C10H21NO2S/c1-4-8(3)6-14-7-9(11)10(12)13-5-2/h8-9H,4-7,11H2,1-3H3. The maximum Gasteiger partial charge on any atom is 0.323 e. The number of carbonyl (C=O) groups excluding carboxylic acids is 1. The fourth-order valence-electron chi connectivity index (χ4n) is 0.831. The van der Waals surface area contributed by atoms with Crippen molar-refractivity contribution in [1.29, 1.82) is 0 Å². The zero-order valence-electron chi connectivity index (χ0n) is 9.29. The number of ether oxygens (including phenoxy) is 1. The van der Waals surface area contributed by atoms with Crippen LogP contribution in [0, 0.1) is 5.92 Å². The van der Waals surface area contributed by atoms with E-state index in [9.17, 15) is 4.79 Å². The lowest BCUT2D eigenvalue weighted by molar-refractivity contribution is -0.144. The lowest BCUT2D eigenvalue weighted by Gasteiger charge is -2.11. The Labute approximate surface area is 90.8 Å². The lowest BCUT2D eigenvalue weighted by atomic mass is 10.2. The molecule has 0 aliphatic rings. The van der Waals surface area contributed by atoms with E-state index in [0.29, 0.717) is 18.3 Å². The summed E-state index contributed by atoms with van der Waals surface area (Å²) in [5.74, 6) is 2.12. The van der Waals surface area contributed by atoms with Crippen LogP contribution in [0.3, 0.4) is 0 Å². The third kappa shape index (κ3) is 6.27. The molecule has 14 heavy (non-hydrogen) atoms. The molecule has 3 nitrogen and oxygen atoms in total. The highest BCUT2D eigenvalue weighted by molar-refractivity contribution is 7.99. The van der Waals surface area contributed by atoms with Gasteiger partial charge in [0.15, 0.2) is 0 Å². The molecule has 0 heterocycles. The molecule has 0 fully saturated rings. The average Bonchev–Trinajstić information content (AvgIpc) is 2.17. The van der Waals surface area contributed by atoms with Crippen LogP contribution in [0.4, 0.5) is 0 Å². The van der Waals surface area contributed by atoms with E-state index >= 15 is 0 Å². The normalized spacial score (nSPS) is 14.9. The minimum Gasteiger partial charge on any atom is -0.465 e. The lowest BCUT2D eigenvalue weighted by Crippen LogP contribution is -2.34. The van der Waals surface area contributed by atoms with Gasteiger partial charge in [-0.3, -0.25) is 4.79 Å². The number of esters is 1. The Morgan fingerprint density at radius 2 is 2.07 bits per heavy atom. The molecule has 0 spiro atoms. The van der Waals surface area contributed by atoms with Crippen LogP contribution >= 0.6 is 11.8 Å². The summed E-state index contributed by atoms with van der Waals surface area (Å²) in [4.78, 5) is 11.1. The molecule has 0 aromatic rings. The highest BCUT2D eigenvalue weighted by Crippen LogP contribution is 2.11. The Morgan fingerprint density at radius 1 is 1.43 bits per heavy atom. The van der Waals surface area contributed by atoms with Gasteiger partial charge < -0.3 is 10.5 Å². The Kier molecular flexibility index (Phi) is 7.99. The van der Waals surface area contributed by atoms with Gasteiger partial charge in [0.05, 0.1) is 6.61 Å².